The Bertz CT molecular complexity index is 560. The van der Waals surface area contributed by atoms with E-state index in [1.54, 1.807) is 4.90 Å². The van der Waals surface area contributed by atoms with Gasteiger partial charge < -0.3 is 0 Å². The van der Waals surface area contributed by atoms with Crippen LogP contribution in [-0.4, -0.2) is 22.8 Å². The summed E-state index contributed by atoms with van der Waals surface area (Å²) >= 11 is 0. The summed E-state index contributed by atoms with van der Waals surface area (Å²) in [5, 5.41) is 0. The minimum atomic E-state index is 0. The van der Waals surface area contributed by atoms with E-state index < -0.39 is 0 Å². The molecule has 0 spiro atoms. The van der Waals surface area contributed by atoms with Crippen molar-refractivity contribution in [1.82, 2.24) is 4.90 Å². The van der Waals surface area contributed by atoms with Crippen LogP contribution in [0.15, 0.2) is 0 Å². The van der Waals surface area contributed by atoms with Crippen LogP contribution in [0.3, 0.4) is 0 Å². The van der Waals surface area contributed by atoms with Crippen molar-refractivity contribution in [2.45, 2.75) is 252 Å². The van der Waals surface area contributed by atoms with Crippen molar-refractivity contribution in [2.75, 3.05) is 0 Å². The summed E-state index contributed by atoms with van der Waals surface area (Å²) in [6.07, 6.45) is 42.7. The summed E-state index contributed by atoms with van der Waals surface area (Å²) in [7, 11) is 0. The zero-order valence-corrected chi connectivity index (χ0v) is 32.1. The molecule has 0 heterocycles. The number of hydrogen-bond acceptors (Lipinski definition) is 2. The third-order valence-corrected chi connectivity index (χ3v) is 9.83. The molecule has 0 unspecified atom stereocenters. The second-order valence-electron chi connectivity index (χ2n) is 14.0. The van der Waals surface area contributed by atoms with Gasteiger partial charge in [-0.05, 0) is 25.7 Å². The Morgan fingerprint density at radius 2 is 0.556 bits per heavy atom. The van der Waals surface area contributed by atoms with Crippen LogP contribution < -0.4 is 0 Å². The Hall–Kier alpha value is -0.570. The van der Waals surface area contributed by atoms with Crippen LogP contribution in [0.4, 0.5) is 0 Å². The number of rotatable bonds is 35. The number of unbranched alkanes of at least 4 members (excludes halogenated alkanes) is 28. The monoisotopic (exact) mass is 656 g/mol. The highest BCUT2D eigenvalue weighted by atomic mass is 35.5. The van der Waals surface area contributed by atoms with Crippen molar-refractivity contribution in [3.8, 4) is 0 Å². The first-order chi connectivity index (χ1) is 21.6. The fraction of sp³-hybridized carbons (Fsp3) is 0.951. The van der Waals surface area contributed by atoms with E-state index >= 15 is 0 Å². The summed E-state index contributed by atoms with van der Waals surface area (Å²) in [6.45, 7) is 8.80. The van der Waals surface area contributed by atoms with Gasteiger partial charge in [-0.15, -0.1) is 12.4 Å². The molecule has 0 bridgehead atoms. The van der Waals surface area contributed by atoms with Gasteiger partial charge in [-0.25, -0.2) is 0 Å². The molecule has 0 aromatic carbocycles. The highest BCUT2D eigenvalue weighted by Crippen LogP contribution is 2.19. The third-order valence-electron chi connectivity index (χ3n) is 9.83. The van der Waals surface area contributed by atoms with Crippen molar-refractivity contribution in [3.63, 3.8) is 0 Å². The van der Waals surface area contributed by atoms with Gasteiger partial charge in [0.15, 0.2) is 0 Å². The number of halogens is 1. The maximum Gasteiger partial charge on any atom is 0.229 e. The molecule has 0 fully saturated rings. The fourth-order valence-electron chi connectivity index (χ4n) is 6.74. The fourth-order valence-corrected chi connectivity index (χ4v) is 6.74. The maximum absolute atomic E-state index is 13.1. The summed E-state index contributed by atoms with van der Waals surface area (Å²) in [4.78, 5) is 28.0. The number of carbonyl (C=O) groups excluding carboxylic acids is 2. The van der Waals surface area contributed by atoms with Crippen molar-refractivity contribution < 1.29 is 9.59 Å². The molecule has 0 aromatic heterocycles. The average molecular weight is 657 g/mol. The van der Waals surface area contributed by atoms with Crippen LogP contribution >= 0.6 is 12.4 Å². The van der Waals surface area contributed by atoms with Gasteiger partial charge in [0, 0.05) is 18.9 Å². The molecule has 270 valence electrons. The molecule has 0 aliphatic rings. The zero-order valence-electron chi connectivity index (χ0n) is 31.3. The molecule has 0 saturated carbocycles. The predicted molar refractivity (Wildman–Crippen MR) is 203 cm³/mol. The first-order valence-corrected chi connectivity index (χ1v) is 20.5. The second-order valence-corrected chi connectivity index (χ2v) is 14.0. The van der Waals surface area contributed by atoms with Gasteiger partial charge in [-0.3, -0.25) is 14.5 Å². The lowest BCUT2D eigenvalue weighted by atomic mass is 10.0. The standard InChI is InChI=1S/C41H81NO2.ClH/c1-5-9-11-13-15-17-19-21-23-25-27-29-31-33-35-37-40(43)42(39(7-3)8-4)41(44)38-36-34-32-30-28-26-24-22-20-18-16-14-12-10-6-2;/h39H,5-38H2,1-4H3;1H. The smallest absolute Gasteiger partial charge is 0.229 e. The maximum atomic E-state index is 13.1. The molecule has 0 aliphatic heterocycles. The minimum Gasteiger partial charge on any atom is -0.280 e. The minimum absolute atomic E-state index is 0. The molecule has 0 N–H and O–H groups in total. The number of imide groups is 1. The van der Waals surface area contributed by atoms with Gasteiger partial charge in [0.05, 0.1) is 0 Å². The predicted octanol–water partition coefficient (Wildman–Crippen LogP) is 14.5. The molecule has 0 rings (SSSR count). The molecule has 2 amide bonds. The topological polar surface area (TPSA) is 37.4 Å². The molecule has 0 saturated heterocycles. The third kappa shape index (κ3) is 30.5. The summed E-state index contributed by atoms with van der Waals surface area (Å²) in [6, 6.07) is 0.0719. The van der Waals surface area contributed by atoms with Crippen LogP contribution in [0, 0.1) is 0 Å². The van der Waals surface area contributed by atoms with Gasteiger partial charge in [-0.1, -0.05) is 207 Å². The normalized spacial score (nSPS) is 11.2. The summed E-state index contributed by atoms with van der Waals surface area (Å²) < 4.78 is 0. The molecule has 45 heavy (non-hydrogen) atoms. The Kier molecular flexibility index (Phi) is 39.2. The zero-order chi connectivity index (χ0) is 32.4. The highest BCUT2D eigenvalue weighted by Gasteiger charge is 2.26. The van der Waals surface area contributed by atoms with Gasteiger partial charge in [0.2, 0.25) is 11.8 Å². The van der Waals surface area contributed by atoms with Crippen LogP contribution in [0.1, 0.15) is 246 Å². The van der Waals surface area contributed by atoms with E-state index in [-0.39, 0.29) is 30.3 Å². The van der Waals surface area contributed by atoms with Crippen molar-refractivity contribution in [3.05, 3.63) is 0 Å². The van der Waals surface area contributed by atoms with E-state index in [2.05, 4.69) is 27.7 Å². The van der Waals surface area contributed by atoms with Crippen LogP contribution in [0.5, 0.6) is 0 Å². The first kappa shape index (κ1) is 46.5. The molecular formula is C41H82ClNO2. The Morgan fingerprint density at radius 3 is 0.756 bits per heavy atom. The lowest BCUT2D eigenvalue weighted by Gasteiger charge is -2.29. The first-order valence-electron chi connectivity index (χ1n) is 20.5. The van der Waals surface area contributed by atoms with E-state index in [0.29, 0.717) is 12.8 Å². The van der Waals surface area contributed by atoms with E-state index in [9.17, 15) is 9.59 Å². The van der Waals surface area contributed by atoms with Gasteiger partial charge in [0.1, 0.15) is 0 Å². The highest BCUT2D eigenvalue weighted by molar-refractivity contribution is 5.95. The van der Waals surface area contributed by atoms with Crippen molar-refractivity contribution in [2.24, 2.45) is 0 Å². The second kappa shape index (κ2) is 37.9. The summed E-state index contributed by atoms with van der Waals surface area (Å²) in [5.74, 6) is 0.165. The molecule has 0 aromatic rings. The molecule has 0 radical (unpaired) electrons. The van der Waals surface area contributed by atoms with Gasteiger partial charge >= 0.3 is 0 Å². The van der Waals surface area contributed by atoms with Crippen LogP contribution in [0.2, 0.25) is 0 Å². The van der Waals surface area contributed by atoms with E-state index in [4.69, 9.17) is 0 Å². The quantitative estimate of drug-likeness (QED) is 0.0637. The number of hydrogen-bond donors (Lipinski definition) is 0. The average Bonchev–Trinajstić information content (AvgIpc) is 3.03. The lowest BCUT2D eigenvalue weighted by Crippen LogP contribution is -2.44. The SMILES string of the molecule is CCCCCCCCCCCCCCCCCC(=O)N(C(=O)CCCCCCCCCCCCCCCCC)C(CC)CC.Cl. The number of carbonyl (C=O) groups is 2. The Labute approximate surface area is 290 Å². The van der Waals surface area contributed by atoms with Crippen molar-refractivity contribution >= 4 is 24.2 Å². The molecular weight excluding hydrogens is 574 g/mol. The van der Waals surface area contributed by atoms with Crippen LogP contribution in [0.25, 0.3) is 0 Å². The van der Waals surface area contributed by atoms with E-state index in [1.807, 2.05) is 0 Å². The largest absolute Gasteiger partial charge is 0.280 e. The molecule has 4 heteroatoms. The Balaban J connectivity index is 0. The molecule has 3 nitrogen and oxygen atoms in total. The molecule has 0 atom stereocenters. The van der Waals surface area contributed by atoms with Gasteiger partial charge in [0.25, 0.3) is 0 Å². The molecule has 0 aliphatic carbocycles. The Morgan fingerprint density at radius 1 is 0.356 bits per heavy atom. The van der Waals surface area contributed by atoms with Crippen LogP contribution in [-0.2, 0) is 9.59 Å². The van der Waals surface area contributed by atoms with E-state index in [1.165, 1.54) is 167 Å². The lowest BCUT2D eigenvalue weighted by molar-refractivity contribution is -0.148. The summed E-state index contributed by atoms with van der Waals surface area (Å²) in [5.41, 5.74) is 0. The number of nitrogens with zero attached hydrogens (tertiary/aromatic N) is 1. The van der Waals surface area contributed by atoms with Gasteiger partial charge in [-0.2, -0.15) is 0 Å². The van der Waals surface area contributed by atoms with Crippen molar-refractivity contribution in [1.29, 1.82) is 0 Å². The number of amides is 2. The van der Waals surface area contributed by atoms with E-state index in [0.717, 1.165) is 38.5 Å².